The van der Waals surface area contributed by atoms with Crippen LogP contribution in [0.4, 0.5) is 0 Å². The third-order valence-corrected chi connectivity index (χ3v) is 1.99. The number of carbonyl (C=O) groups excluding carboxylic acids is 1. The van der Waals surface area contributed by atoms with E-state index in [0.717, 1.165) is 5.82 Å². The molecule has 0 aromatic carbocycles. The Hall–Kier alpha value is -1.69. The second-order valence-electron chi connectivity index (χ2n) is 3.34. The van der Waals surface area contributed by atoms with Crippen LogP contribution in [-0.4, -0.2) is 34.4 Å². The van der Waals surface area contributed by atoms with Crippen molar-refractivity contribution in [3.8, 4) is 0 Å². The molecule has 0 fully saturated rings. The van der Waals surface area contributed by atoms with Crippen molar-refractivity contribution in [3.05, 3.63) is 23.8 Å². The number of aromatic nitrogens is 3. The summed E-state index contributed by atoms with van der Waals surface area (Å²) in [7, 11) is 3.18. The maximum atomic E-state index is 11.0. The van der Waals surface area contributed by atoms with Gasteiger partial charge in [-0.2, -0.15) is 5.10 Å². The Morgan fingerprint density at radius 1 is 1.69 bits per heavy atom. The standard InChI is InChI=1S/C10H16N4O2/c1-8(10(15)16-3)4-5-11-6-9-12-7-14(2)13-9/h4,7,11H,5-6H2,1-3H3. The van der Waals surface area contributed by atoms with Gasteiger partial charge in [-0.25, -0.2) is 9.78 Å². The van der Waals surface area contributed by atoms with Crippen molar-refractivity contribution in [2.45, 2.75) is 13.5 Å². The van der Waals surface area contributed by atoms with E-state index in [1.165, 1.54) is 7.11 Å². The Morgan fingerprint density at radius 3 is 3.00 bits per heavy atom. The van der Waals surface area contributed by atoms with E-state index in [4.69, 9.17) is 0 Å². The summed E-state index contributed by atoms with van der Waals surface area (Å²) in [6, 6.07) is 0. The molecule has 6 heteroatoms. The molecule has 0 saturated heterocycles. The highest BCUT2D eigenvalue weighted by Gasteiger charge is 2.01. The lowest BCUT2D eigenvalue weighted by atomic mass is 10.3. The summed E-state index contributed by atoms with van der Waals surface area (Å²) in [6.45, 7) is 2.87. The summed E-state index contributed by atoms with van der Waals surface area (Å²) in [5.74, 6) is 0.421. The van der Waals surface area contributed by atoms with Crippen molar-refractivity contribution < 1.29 is 9.53 Å². The van der Waals surface area contributed by atoms with Gasteiger partial charge < -0.3 is 10.1 Å². The first kappa shape index (κ1) is 12.4. The molecule has 88 valence electrons. The average Bonchev–Trinajstić information content (AvgIpc) is 2.69. The van der Waals surface area contributed by atoms with Crippen LogP contribution in [0, 0.1) is 0 Å². The van der Waals surface area contributed by atoms with Gasteiger partial charge in [0.05, 0.1) is 13.7 Å². The topological polar surface area (TPSA) is 69.0 Å². The zero-order chi connectivity index (χ0) is 12.0. The predicted octanol–water partition coefficient (Wildman–Crippen LogP) is 0.0240. The normalized spacial score (nSPS) is 11.6. The molecule has 0 atom stereocenters. The summed E-state index contributed by atoms with van der Waals surface area (Å²) in [5.41, 5.74) is 0.587. The second-order valence-corrected chi connectivity index (χ2v) is 3.34. The molecular formula is C10H16N4O2. The second kappa shape index (κ2) is 6.02. The molecule has 0 aliphatic heterocycles. The van der Waals surface area contributed by atoms with Gasteiger partial charge in [-0.05, 0) is 6.92 Å². The molecule has 0 bridgehead atoms. The van der Waals surface area contributed by atoms with E-state index in [-0.39, 0.29) is 5.97 Å². The van der Waals surface area contributed by atoms with Crippen LogP contribution >= 0.6 is 0 Å². The number of aryl methyl sites for hydroxylation is 1. The molecule has 0 aliphatic carbocycles. The summed E-state index contributed by atoms with van der Waals surface area (Å²) in [6.07, 6.45) is 3.42. The van der Waals surface area contributed by atoms with Gasteiger partial charge in [-0.3, -0.25) is 4.68 Å². The van der Waals surface area contributed by atoms with Crippen LogP contribution in [0.5, 0.6) is 0 Å². The van der Waals surface area contributed by atoms with Gasteiger partial charge in [0.25, 0.3) is 0 Å². The van der Waals surface area contributed by atoms with E-state index < -0.39 is 0 Å². The molecule has 0 spiro atoms. The van der Waals surface area contributed by atoms with E-state index in [0.29, 0.717) is 18.7 Å². The number of methoxy groups -OCH3 is 1. The van der Waals surface area contributed by atoms with Crippen LogP contribution < -0.4 is 5.32 Å². The third-order valence-electron chi connectivity index (χ3n) is 1.99. The molecule has 0 radical (unpaired) electrons. The summed E-state index contributed by atoms with van der Waals surface area (Å²) >= 11 is 0. The highest BCUT2D eigenvalue weighted by Crippen LogP contribution is 1.94. The van der Waals surface area contributed by atoms with E-state index in [1.807, 2.05) is 7.05 Å². The Kier molecular flexibility index (Phi) is 4.65. The molecule has 16 heavy (non-hydrogen) atoms. The Balaban J connectivity index is 2.28. The van der Waals surface area contributed by atoms with Crippen LogP contribution in [0.25, 0.3) is 0 Å². The van der Waals surface area contributed by atoms with Crippen LogP contribution in [0.1, 0.15) is 12.7 Å². The van der Waals surface area contributed by atoms with Crippen molar-refractivity contribution in [2.75, 3.05) is 13.7 Å². The fourth-order valence-electron chi connectivity index (χ4n) is 1.12. The largest absolute Gasteiger partial charge is 0.466 e. The van der Waals surface area contributed by atoms with Gasteiger partial charge in [-0.1, -0.05) is 6.08 Å². The molecular weight excluding hydrogens is 208 g/mol. The molecule has 6 nitrogen and oxygen atoms in total. The van der Waals surface area contributed by atoms with Gasteiger partial charge in [0.2, 0.25) is 0 Å². The fraction of sp³-hybridized carbons (Fsp3) is 0.500. The van der Waals surface area contributed by atoms with Gasteiger partial charge in [0.15, 0.2) is 5.82 Å². The Labute approximate surface area is 94.3 Å². The number of ether oxygens (including phenoxy) is 1. The van der Waals surface area contributed by atoms with E-state index in [1.54, 1.807) is 24.0 Å². The Bertz CT molecular complexity index is 384. The molecule has 0 aliphatic rings. The van der Waals surface area contributed by atoms with E-state index >= 15 is 0 Å². The number of nitrogens with one attached hydrogen (secondary N) is 1. The maximum Gasteiger partial charge on any atom is 0.333 e. The van der Waals surface area contributed by atoms with Gasteiger partial charge in [-0.15, -0.1) is 0 Å². The molecule has 1 N–H and O–H groups in total. The number of nitrogens with zero attached hydrogens (tertiary/aromatic N) is 3. The molecule has 0 amide bonds. The number of rotatable bonds is 5. The molecule has 0 saturated carbocycles. The molecule has 1 aromatic heterocycles. The van der Waals surface area contributed by atoms with Crippen molar-refractivity contribution in [2.24, 2.45) is 7.05 Å². The molecule has 1 heterocycles. The van der Waals surface area contributed by atoms with Crippen molar-refractivity contribution >= 4 is 5.97 Å². The number of hydrogen-bond acceptors (Lipinski definition) is 5. The van der Waals surface area contributed by atoms with Gasteiger partial charge in [0.1, 0.15) is 6.33 Å². The summed E-state index contributed by atoms with van der Waals surface area (Å²) in [4.78, 5) is 15.1. The van der Waals surface area contributed by atoms with Crippen LogP contribution in [0.3, 0.4) is 0 Å². The first-order valence-corrected chi connectivity index (χ1v) is 4.93. The minimum absolute atomic E-state index is 0.308. The minimum atomic E-state index is -0.308. The van der Waals surface area contributed by atoms with Crippen molar-refractivity contribution in [1.82, 2.24) is 20.1 Å². The first-order chi connectivity index (χ1) is 7.63. The zero-order valence-electron chi connectivity index (χ0n) is 9.73. The zero-order valence-corrected chi connectivity index (χ0v) is 9.73. The van der Waals surface area contributed by atoms with Crippen LogP contribution in [-0.2, 0) is 23.1 Å². The minimum Gasteiger partial charge on any atom is -0.466 e. The van der Waals surface area contributed by atoms with Crippen LogP contribution in [0.2, 0.25) is 0 Å². The third kappa shape index (κ3) is 3.82. The van der Waals surface area contributed by atoms with Gasteiger partial charge in [0, 0.05) is 19.2 Å². The predicted molar refractivity (Wildman–Crippen MR) is 58.5 cm³/mol. The average molecular weight is 224 g/mol. The quantitative estimate of drug-likeness (QED) is 0.434. The smallest absolute Gasteiger partial charge is 0.333 e. The van der Waals surface area contributed by atoms with E-state index in [2.05, 4.69) is 20.1 Å². The first-order valence-electron chi connectivity index (χ1n) is 4.93. The van der Waals surface area contributed by atoms with Crippen LogP contribution in [0.15, 0.2) is 18.0 Å². The summed E-state index contributed by atoms with van der Waals surface area (Å²) in [5, 5.41) is 7.21. The van der Waals surface area contributed by atoms with Crippen molar-refractivity contribution in [3.63, 3.8) is 0 Å². The number of hydrogen-bond donors (Lipinski definition) is 1. The van der Waals surface area contributed by atoms with Gasteiger partial charge >= 0.3 is 5.97 Å². The number of carbonyl (C=O) groups is 1. The highest BCUT2D eigenvalue weighted by molar-refractivity contribution is 5.87. The fourth-order valence-corrected chi connectivity index (χ4v) is 1.12. The molecule has 0 unspecified atom stereocenters. The number of esters is 1. The lowest BCUT2D eigenvalue weighted by molar-refractivity contribution is -0.136. The lowest BCUT2D eigenvalue weighted by Crippen LogP contribution is -2.15. The Morgan fingerprint density at radius 2 is 2.44 bits per heavy atom. The van der Waals surface area contributed by atoms with E-state index in [9.17, 15) is 4.79 Å². The van der Waals surface area contributed by atoms with Crippen molar-refractivity contribution in [1.29, 1.82) is 0 Å². The maximum absolute atomic E-state index is 11.0. The molecule has 1 rings (SSSR count). The molecule has 1 aromatic rings. The lowest BCUT2D eigenvalue weighted by Gasteiger charge is -2.00. The summed E-state index contributed by atoms with van der Waals surface area (Å²) < 4.78 is 6.21. The highest BCUT2D eigenvalue weighted by atomic mass is 16.5. The monoisotopic (exact) mass is 224 g/mol. The SMILES string of the molecule is COC(=O)C(C)=CCNCc1ncn(C)n1.